The normalized spacial score (nSPS) is 40.4. The molecular weight excluding hydrogens is 354 g/mol. The van der Waals surface area contributed by atoms with Gasteiger partial charge in [-0.15, -0.1) is 0 Å². The van der Waals surface area contributed by atoms with Gasteiger partial charge in [0.05, 0.1) is 12.2 Å². The van der Waals surface area contributed by atoms with E-state index < -0.39 is 5.91 Å². The van der Waals surface area contributed by atoms with Crippen LogP contribution in [0.2, 0.25) is 0 Å². The first kappa shape index (κ1) is 18.5. The Morgan fingerprint density at radius 2 is 1.89 bits per heavy atom. The van der Waals surface area contributed by atoms with Gasteiger partial charge in [-0.05, 0) is 56.2 Å². The molecule has 4 unspecified atom stereocenters. The highest BCUT2D eigenvalue weighted by atomic mass is 16.5. The van der Waals surface area contributed by atoms with Gasteiger partial charge in [-0.1, -0.05) is 6.42 Å². The maximum atomic E-state index is 11.7. The Hall–Kier alpha value is -1.50. The van der Waals surface area contributed by atoms with Crippen molar-refractivity contribution in [2.75, 3.05) is 20.2 Å². The molecule has 6 heteroatoms. The molecule has 4 heterocycles. The largest absolute Gasteiger partial charge is 0.375 e. The molecular formula is C22H31N3O3. The molecule has 152 valence electrons. The summed E-state index contributed by atoms with van der Waals surface area (Å²) in [6.45, 7) is 2.12. The molecule has 5 rings (SSSR count). The topological polar surface area (TPSA) is 77.7 Å². The molecule has 4 bridgehead atoms. The molecule has 1 amide bonds. The minimum atomic E-state index is -0.478. The molecule has 1 aromatic rings. The van der Waals surface area contributed by atoms with E-state index in [1.165, 1.54) is 32.1 Å². The number of methoxy groups -OCH3 is 1. The lowest BCUT2D eigenvalue weighted by atomic mass is 9.62. The number of primary amides is 1. The van der Waals surface area contributed by atoms with E-state index in [-0.39, 0.29) is 5.60 Å². The van der Waals surface area contributed by atoms with Crippen molar-refractivity contribution in [3.05, 3.63) is 29.6 Å². The van der Waals surface area contributed by atoms with Crippen LogP contribution in [-0.4, -0.2) is 54.2 Å². The molecule has 1 saturated carbocycles. The van der Waals surface area contributed by atoms with Gasteiger partial charge < -0.3 is 15.2 Å². The van der Waals surface area contributed by atoms with Crippen LogP contribution in [0.5, 0.6) is 0 Å². The fourth-order valence-electron chi connectivity index (χ4n) is 6.62. The van der Waals surface area contributed by atoms with E-state index >= 15 is 0 Å². The van der Waals surface area contributed by atoms with Crippen molar-refractivity contribution in [2.45, 2.75) is 68.8 Å². The fraction of sp³-hybridized carbons (Fsp3) is 0.727. The van der Waals surface area contributed by atoms with Crippen LogP contribution in [0.1, 0.15) is 61.0 Å². The molecule has 0 spiro atoms. The minimum Gasteiger partial charge on any atom is -0.375 e. The number of nitrogens with zero attached hydrogens (tertiary/aromatic N) is 2. The van der Waals surface area contributed by atoms with Gasteiger partial charge in [0.25, 0.3) is 5.91 Å². The van der Waals surface area contributed by atoms with Gasteiger partial charge >= 0.3 is 0 Å². The Labute approximate surface area is 166 Å². The molecule has 5 atom stereocenters. The maximum absolute atomic E-state index is 11.7. The third kappa shape index (κ3) is 2.88. The summed E-state index contributed by atoms with van der Waals surface area (Å²) < 4.78 is 12.4. The average Bonchev–Trinajstić information content (AvgIpc) is 3.04. The number of aromatic nitrogens is 1. The second-order valence-corrected chi connectivity index (χ2v) is 9.15. The van der Waals surface area contributed by atoms with Crippen LogP contribution in [0, 0.1) is 11.8 Å². The molecule has 0 aromatic carbocycles. The molecule has 6 nitrogen and oxygen atoms in total. The molecule has 3 aliphatic heterocycles. The predicted molar refractivity (Wildman–Crippen MR) is 105 cm³/mol. The Morgan fingerprint density at radius 1 is 1.21 bits per heavy atom. The number of hydrogen-bond acceptors (Lipinski definition) is 5. The molecule has 4 fully saturated rings. The second-order valence-electron chi connectivity index (χ2n) is 9.15. The number of pyridine rings is 1. The summed E-state index contributed by atoms with van der Waals surface area (Å²) in [5.74, 6) is 0.371. The SMILES string of the molecule is COC1(c2ccnc(C(N)=O)c2)C2CCC[C@@H]1CN(C1CC3CCC(C1)O3)C2. The summed E-state index contributed by atoms with van der Waals surface area (Å²) in [5, 5.41) is 0. The van der Waals surface area contributed by atoms with E-state index in [0.717, 1.165) is 31.5 Å². The summed E-state index contributed by atoms with van der Waals surface area (Å²) in [6.07, 6.45) is 11.0. The summed E-state index contributed by atoms with van der Waals surface area (Å²) in [4.78, 5) is 18.6. The zero-order valence-electron chi connectivity index (χ0n) is 16.7. The number of likely N-dealkylation sites (tertiary alicyclic amines) is 1. The second kappa shape index (κ2) is 7.08. The number of piperidine rings is 1. The van der Waals surface area contributed by atoms with Crippen molar-refractivity contribution in [1.82, 2.24) is 9.88 Å². The zero-order valence-corrected chi connectivity index (χ0v) is 16.7. The quantitative estimate of drug-likeness (QED) is 0.861. The fourth-order valence-corrected chi connectivity index (χ4v) is 6.62. The monoisotopic (exact) mass is 385 g/mol. The summed E-state index contributed by atoms with van der Waals surface area (Å²) in [6, 6.07) is 4.52. The Balaban J connectivity index is 1.44. The van der Waals surface area contributed by atoms with Crippen LogP contribution in [0.3, 0.4) is 0 Å². The van der Waals surface area contributed by atoms with E-state index in [2.05, 4.69) is 9.88 Å². The molecule has 2 N–H and O–H groups in total. The first-order valence-electron chi connectivity index (χ1n) is 10.8. The molecule has 1 aliphatic carbocycles. The van der Waals surface area contributed by atoms with E-state index in [1.54, 1.807) is 6.20 Å². The highest BCUT2D eigenvalue weighted by molar-refractivity contribution is 5.90. The highest BCUT2D eigenvalue weighted by Gasteiger charge is 2.54. The van der Waals surface area contributed by atoms with Crippen molar-refractivity contribution in [2.24, 2.45) is 17.6 Å². The predicted octanol–water partition coefficient (Wildman–Crippen LogP) is 2.46. The third-order valence-electron chi connectivity index (χ3n) is 7.81. The lowest BCUT2D eigenvalue weighted by Crippen LogP contribution is -2.61. The molecule has 28 heavy (non-hydrogen) atoms. The molecule has 1 aromatic heterocycles. The number of amides is 1. The van der Waals surface area contributed by atoms with E-state index in [1.807, 2.05) is 19.2 Å². The van der Waals surface area contributed by atoms with Gasteiger partial charge in [0.2, 0.25) is 0 Å². The first-order chi connectivity index (χ1) is 13.6. The van der Waals surface area contributed by atoms with Crippen molar-refractivity contribution >= 4 is 5.91 Å². The van der Waals surface area contributed by atoms with Crippen LogP contribution in [0.25, 0.3) is 0 Å². The standard InChI is InChI=1S/C22H31N3O3/c1-27-22(14-7-8-24-20(9-14)21(23)26)15-3-2-4-16(22)13-25(12-15)17-10-18-5-6-19(11-17)28-18/h7-9,15-19H,2-6,10-13H2,1H3,(H2,23,26)/t15-,16?,17?,18?,19?,22?/m1/s1. The smallest absolute Gasteiger partial charge is 0.267 e. The van der Waals surface area contributed by atoms with Crippen LogP contribution in [0.15, 0.2) is 18.3 Å². The number of carbonyl (C=O) groups is 1. The van der Waals surface area contributed by atoms with Gasteiger partial charge in [-0.3, -0.25) is 14.7 Å². The molecule has 3 saturated heterocycles. The average molecular weight is 386 g/mol. The zero-order chi connectivity index (χ0) is 19.3. The lowest BCUT2D eigenvalue weighted by molar-refractivity contribution is -0.180. The van der Waals surface area contributed by atoms with Crippen molar-refractivity contribution in [1.29, 1.82) is 0 Å². The number of fused-ring (bicyclic) bond motifs is 4. The van der Waals surface area contributed by atoms with Crippen molar-refractivity contribution in [3.63, 3.8) is 0 Å². The summed E-state index contributed by atoms with van der Waals surface area (Å²) in [5.41, 5.74) is 6.56. The van der Waals surface area contributed by atoms with E-state index in [4.69, 9.17) is 15.2 Å². The van der Waals surface area contributed by atoms with Gasteiger partial charge in [0.1, 0.15) is 11.3 Å². The molecule has 4 aliphatic rings. The minimum absolute atomic E-state index is 0.329. The van der Waals surface area contributed by atoms with E-state index in [0.29, 0.717) is 35.8 Å². The Kier molecular flexibility index (Phi) is 4.68. The number of carbonyl (C=O) groups excluding carboxylic acids is 1. The Morgan fingerprint density at radius 3 is 2.50 bits per heavy atom. The lowest BCUT2D eigenvalue weighted by Gasteiger charge is -2.57. The maximum Gasteiger partial charge on any atom is 0.267 e. The van der Waals surface area contributed by atoms with Crippen molar-refractivity contribution < 1.29 is 14.3 Å². The number of rotatable bonds is 4. The van der Waals surface area contributed by atoms with Crippen LogP contribution in [-0.2, 0) is 15.1 Å². The molecule has 0 radical (unpaired) electrons. The van der Waals surface area contributed by atoms with E-state index in [9.17, 15) is 4.79 Å². The Bertz CT molecular complexity index is 728. The third-order valence-corrected chi connectivity index (χ3v) is 7.81. The van der Waals surface area contributed by atoms with Gasteiger partial charge in [-0.2, -0.15) is 0 Å². The van der Waals surface area contributed by atoms with Crippen molar-refractivity contribution in [3.8, 4) is 0 Å². The number of nitrogens with two attached hydrogens (primary N) is 1. The number of ether oxygens (including phenoxy) is 2. The van der Waals surface area contributed by atoms with Gasteiger partial charge in [0.15, 0.2) is 0 Å². The first-order valence-corrected chi connectivity index (χ1v) is 10.8. The summed E-state index contributed by atoms with van der Waals surface area (Å²) in [7, 11) is 1.83. The van der Waals surface area contributed by atoms with Gasteiger partial charge in [0, 0.05) is 44.3 Å². The van der Waals surface area contributed by atoms with Crippen LogP contribution in [0.4, 0.5) is 0 Å². The number of hydrogen-bond donors (Lipinski definition) is 1. The highest BCUT2D eigenvalue weighted by Crippen LogP contribution is 2.52. The summed E-state index contributed by atoms with van der Waals surface area (Å²) >= 11 is 0. The van der Waals surface area contributed by atoms with Crippen LogP contribution >= 0.6 is 0 Å². The van der Waals surface area contributed by atoms with Gasteiger partial charge in [-0.25, -0.2) is 0 Å². The van der Waals surface area contributed by atoms with Crippen LogP contribution < -0.4 is 5.73 Å².